The van der Waals surface area contributed by atoms with Gasteiger partial charge in [-0.3, -0.25) is 0 Å². The molecule has 0 amide bonds. The first-order valence-electron chi connectivity index (χ1n) is 9.43. The molecule has 3 aromatic rings. The standard InChI is InChI=1S/C22H26N2O2S3/c1-17-20(22(2,3)4)28-21(23-29(25,26)19-13-9-6-10-14-19)24(17)15-16-27-18-11-7-5-8-12-18/h5-14H,15-16H2,1-4H3/b23-21-. The van der Waals surface area contributed by atoms with Crippen molar-refractivity contribution in [2.45, 2.75) is 49.4 Å². The van der Waals surface area contributed by atoms with E-state index in [4.69, 9.17) is 0 Å². The maximum atomic E-state index is 12.8. The van der Waals surface area contributed by atoms with Gasteiger partial charge < -0.3 is 4.57 Å². The first-order valence-corrected chi connectivity index (χ1v) is 12.7. The average Bonchev–Trinajstić information content (AvgIpc) is 2.99. The monoisotopic (exact) mass is 446 g/mol. The zero-order valence-electron chi connectivity index (χ0n) is 17.1. The molecule has 0 unspecified atom stereocenters. The molecule has 0 saturated heterocycles. The van der Waals surface area contributed by atoms with Gasteiger partial charge in [-0.05, 0) is 36.6 Å². The highest BCUT2D eigenvalue weighted by molar-refractivity contribution is 7.99. The Morgan fingerprint density at radius 1 is 1.00 bits per heavy atom. The fraction of sp³-hybridized carbons (Fsp3) is 0.318. The summed E-state index contributed by atoms with van der Waals surface area (Å²) in [5.74, 6) is 0.837. The highest BCUT2D eigenvalue weighted by Gasteiger charge is 2.23. The number of hydrogen-bond acceptors (Lipinski definition) is 4. The predicted octanol–water partition coefficient (Wildman–Crippen LogP) is 5.24. The van der Waals surface area contributed by atoms with Crippen molar-refractivity contribution in [1.82, 2.24) is 4.57 Å². The Hall–Kier alpha value is -1.83. The topological polar surface area (TPSA) is 51.4 Å². The van der Waals surface area contributed by atoms with E-state index < -0.39 is 10.0 Å². The lowest BCUT2D eigenvalue weighted by molar-refractivity contribution is 0.586. The maximum absolute atomic E-state index is 12.8. The van der Waals surface area contributed by atoms with Crippen molar-refractivity contribution in [2.75, 3.05) is 5.75 Å². The molecule has 4 nitrogen and oxygen atoms in total. The van der Waals surface area contributed by atoms with E-state index in [2.05, 4.69) is 44.2 Å². The van der Waals surface area contributed by atoms with Crippen LogP contribution in [0, 0.1) is 6.92 Å². The summed E-state index contributed by atoms with van der Waals surface area (Å²) >= 11 is 3.23. The lowest BCUT2D eigenvalue weighted by Gasteiger charge is -2.17. The van der Waals surface area contributed by atoms with Crippen molar-refractivity contribution in [3.63, 3.8) is 0 Å². The minimum Gasteiger partial charge on any atom is -0.319 e. The second-order valence-corrected chi connectivity index (χ2v) is 11.5. The molecule has 1 aromatic heterocycles. The number of benzene rings is 2. The van der Waals surface area contributed by atoms with Gasteiger partial charge in [-0.15, -0.1) is 27.5 Å². The first kappa shape index (κ1) is 21.9. The summed E-state index contributed by atoms with van der Waals surface area (Å²) in [5, 5.41) is 0. The molecule has 0 aliphatic heterocycles. The molecule has 0 saturated carbocycles. The molecule has 0 fully saturated rings. The molecule has 0 N–H and O–H groups in total. The molecule has 29 heavy (non-hydrogen) atoms. The van der Waals surface area contributed by atoms with Gasteiger partial charge in [-0.25, -0.2) is 0 Å². The average molecular weight is 447 g/mol. The molecule has 0 atom stereocenters. The largest absolute Gasteiger partial charge is 0.319 e. The number of thioether (sulfide) groups is 1. The van der Waals surface area contributed by atoms with Crippen molar-refractivity contribution < 1.29 is 8.42 Å². The molecule has 0 aliphatic carbocycles. The molecule has 0 aliphatic rings. The van der Waals surface area contributed by atoms with E-state index in [1.54, 1.807) is 42.1 Å². The van der Waals surface area contributed by atoms with Crippen molar-refractivity contribution in [3.05, 3.63) is 76.0 Å². The number of aromatic nitrogens is 1. The van der Waals surface area contributed by atoms with Crippen LogP contribution < -0.4 is 4.80 Å². The Bertz CT molecular complexity index is 1120. The molecule has 154 valence electrons. The van der Waals surface area contributed by atoms with Crippen LogP contribution in [0.2, 0.25) is 0 Å². The van der Waals surface area contributed by atoms with Crippen LogP contribution >= 0.6 is 23.1 Å². The van der Waals surface area contributed by atoms with Crippen molar-refractivity contribution >= 4 is 33.1 Å². The van der Waals surface area contributed by atoms with E-state index in [0.717, 1.165) is 16.3 Å². The summed E-state index contributed by atoms with van der Waals surface area (Å²) in [6.07, 6.45) is 0. The lowest BCUT2D eigenvalue weighted by atomic mass is 9.93. The normalized spacial score (nSPS) is 13.0. The number of nitrogens with zero attached hydrogens (tertiary/aromatic N) is 2. The van der Waals surface area contributed by atoms with Gasteiger partial charge in [0.25, 0.3) is 10.0 Å². The fourth-order valence-corrected chi connectivity index (χ4v) is 6.33. The lowest BCUT2D eigenvalue weighted by Crippen LogP contribution is -2.20. The summed E-state index contributed by atoms with van der Waals surface area (Å²) in [5.41, 5.74) is 1.01. The zero-order valence-corrected chi connectivity index (χ0v) is 19.6. The molecule has 1 heterocycles. The number of thiazole rings is 1. The van der Waals surface area contributed by atoms with E-state index >= 15 is 0 Å². The van der Waals surface area contributed by atoms with Gasteiger partial charge in [-0.2, -0.15) is 8.42 Å². The van der Waals surface area contributed by atoms with Crippen molar-refractivity contribution in [3.8, 4) is 0 Å². The van der Waals surface area contributed by atoms with Crippen LogP contribution in [0.25, 0.3) is 0 Å². The molecule has 2 aromatic carbocycles. The fourth-order valence-electron chi connectivity index (χ4n) is 3.03. The second-order valence-electron chi connectivity index (χ2n) is 7.74. The van der Waals surface area contributed by atoms with E-state index in [9.17, 15) is 8.42 Å². The Kier molecular flexibility index (Phi) is 6.71. The van der Waals surface area contributed by atoms with Crippen LogP contribution in [0.15, 0.2) is 74.9 Å². The smallest absolute Gasteiger partial charge is 0.285 e. The summed E-state index contributed by atoms with van der Waals surface area (Å²) in [6.45, 7) is 9.18. The van der Waals surface area contributed by atoms with Crippen LogP contribution in [0.5, 0.6) is 0 Å². The Morgan fingerprint density at radius 3 is 2.17 bits per heavy atom. The van der Waals surface area contributed by atoms with E-state index in [-0.39, 0.29) is 10.3 Å². The predicted molar refractivity (Wildman–Crippen MR) is 122 cm³/mol. The van der Waals surface area contributed by atoms with Crippen LogP contribution in [0.3, 0.4) is 0 Å². The third-order valence-electron chi connectivity index (χ3n) is 4.41. The third kappa shape index (κ3) is 5.41. The molecule has 0 bridgehead atoms. The van der Waals surface area contributed by atoms with Gasteiger partial charge in [0.15, 0.2) is 0 Å². The number of hydrogen-bond donors (Lipinski definition) is 0. The van der Waals surface area contributed by atoms with Crippen molar-refractivity contribution in [2.24, 2.45) is 4.40 Å². The first-order chi connectivity index (χ1) is 13.7. The molecule has 0 spiro atoms. The minimum absolute atomic E-state index is 0.0760. The number of sulfonamides is 1. The summed E-state index contributed by atoms with van der Waals surface area (Å²) in [7, 11) is -3.75. The van der Waals surface area contributed by atoms with Gasteiger partial charge in [0.05, 0.1) is 4.90 Å². The van der Waals surface area contributed by atoms with Gasteiger partial charge in [0.1, 0.15) is 0 Å². The zero-order chi connectivity index (χ0) is 21.1. The van der Waals surface area contributed by atoms with E-state index in [1.807, 2.05) is 22.8 Å². The van der Waals surface area contributed by atoms with Crippen LogP contribution in [0.4, 0.5) is 0 Å². The number of rotatable bonds is 6. The van der Waals surface area contributed by atoms with Gasteiger partial charge in [0, 0.05) is 27.8 Å². The second kappa shape index (κ2) is 8.90. The molecule has 3 rings (SSSR count). The van der Waals surface area contributed by atoms with E-state index in [1.165, 1.54) is 16.2 Å². The quantitative estimate of drug-likeness (QED) is 0.487. The van der Waals surface area contributed by atoms with Gasteiger partial charge in [0.2, 0.25) is 4.80 Å². The molecule has 7 heteroatoms. The van der Waals surface area contributed by atoms with E-state index in [0.29, 0.717) is 11.3 Å². The summed E-state index contributed by atoms with van der Waals surface area (Å²) in [4.78, 5) is 3.11. The summed E-state index contributed by atoms with van der Waals surface area (Å²) in [6, 6.07) is 18.6. The Balaban J connectivity index is 1.99. The van der Waals surface area contributed by atoms with Crippen LogP contribution in [0.1, 0.15) is 31.3 Å². The highest BCUT2D eigenvalue weighted by atomic mass is 32.2. The molecule has 0 radical (unpaired) electrons. The SMILES string of the molecule is Cc1c(C(C)(C)C)s/c(=N\S(=O)(=O)c2ccccc2)n1CCSc1ccccc1. The Morgan fingerprint density at radius 2 is 1.59 bits per heavy atom. The van der Waals surface area contributed by atoms with Crippen LogP contribution in [-0.4, -0.2) is 18.7 Å². The summed E-state index contributed by atoms with van der Waals surface area (Å²) < 4.78 is 32.0. The molecular weight excluding hydrogens is 420 g/mol. The van der Waals surface area contributed by atoms with Crippen molar-refractivity contribution in [1.29, 1.82) is 0 Å². The minimum atomic E-state index is -3.75. The molecular formula is C22H26N2O2S3. The van der Waals surface area contributed by atoms with Gasteiger partial charge >= 0.3 is 0 Å². The highest BCUT2D eigenvalue weighted by Crippen LogP contribution is 2.29. The third-order valence-corrected chi connectivity index (χ3v) is 8.40. The van der Waals surface area contributed by atoms with Gasteiger partial charge in [-0.1, -0.05) is 57.2 Å². The Labute approximate surface area is 181 Å². The maximum Gasteiger partial charge on any atom is 0.285 e. The van der Waals surface area contributed by atoms with Crippen LogP contribution in [-0.2, 0) is 22.0 Å².